The molecule has 0 radical (unpaired) electrons. The van der Waals surface area contributed by atoms with Crippen LogP contribution in [0.3, 0.4) is 0 Å². The van der Waals surface area contributed by atoms with Crippen LogP contribution < -0.4 is 14.4 Å². The van der Waals surface area contributed by atoms with Gasteiger partial charge in [0.25, 0.3) is 0 Å². The lowest BCUT2D eigenvalue weighted by molar-refractivity contribution is -0.122. The lowest BCUT2D eigenvalue weighted by atomic mass is 9.94. The number of ether oxygens (including phenoxy) is 1. The zero-order valence-corrected chi connectivity index (χ0v) is 19.5. The summed E-state index contributed by atoms with van der Waals surface area (Å²) in [5, 5.41) is 3.07. The monoisotopic (exact) mass is 452 g/mol. The number of amides is 1. The van der Waals surface area contributed by atoms with Crippen LogP contribution in [0.2, 0.25) is 0 Å². The standard InChI is InChI=1S/C25H28N2O4S/c1-18-10-8-9-13-23(18)24(20-11-6-5-7-12-20)26-25(28)19(2)27(32(4,29)30)21-14-16-22(31-3)17-15-21/h5-17,19,24H,1-4H3,(H,26,28). The maximum absolute atomic E-state index is 13.4. The Labute approximate surface area is 189 Å². The van der Waals surface area contributed by atoms with Gasteiger partial charge in [-0.3, -0.25) is 9.10 Å². The number of carbonyl (C=O) groups excluding carboxylic acids is 1. The smallest absolute Gasteiger partial charge is 0.244 e. The predicted octanol–water partition coefficient (Wildman–Crippen LogP) is 4.06. The highest BCUT2D eigenvalue weighted by Crippen LogP contribution is 2.27. The van der Waals surface area contributed by atoms with Gasteiger partial charge in [-0.15, -0.1) is 0 Å². The second-order valence-electron chi connectivity index (χ2n) is 7.64. The van der Waals surface area contributed by atoms with E-state index in [9.17, 15) is 13.2 Å². The second kappa shape index (κ2) is 9.87. The molecular weight excluding hydrogens is 424 g/mol. The Morgan fingerprint density at radius 3 is 2.09 bits per heavy atom. The van der Waals surface area contributed by atoms with Crippen molar-refractivity contribution in [2.45, 2.75) is 25.9 Å². The summed E-state index contributed by atoms with van der Waals surface area (Å²) in [6, 6.07) is 22.7. The van der Waals surface area contributed by atoms with Crippen molar-refractivity contribution >= 4 is 21.6 Å². The molecule has 0 spiro atoms. The Balaban J connectivity index is 1.95. The normalized spacial score (nSPS) is 13.1. The third-order valence-corrected chi connectivity index (χ3v) is 6.58. The van der Waals surface area contributed by atoms with Crippen molar-refractivity contribution in [2.75, 3.05) is 17.7 Å². The van der Waals surface area contributed by atoms with E-state index in [1.165, 1.54) is 7.11 Å². The van der Waals surface area contributed by atoms with Crippen molar-refractivity contribution in [2.24, 2.45) is 0 Å². The number of sulfonamides is 1. The van der Waals surface area contributed by atoms with Crippen molar-refractivity contribution in [3.63, 3.8) is 0 Å². The van der Waals surface area contributed by atoms with E-state index in [0.29, 0.717) is 11.4 Å². The molecule has 0 aliphatic heterocycles. The minimum atomic E-state index is -3.72. The Kier molecular flexibility index (Phi) is 7.20. The molecule has 3 aromatic rings. The van der Waals surface area contributed by atoms with Gasteiger partial charge < -0.3 is 10.1 Å². The molecule has 0 aliphatic carbocycles. The van der Waals surface area contributed by atoms with Crippen LogP contribution in [0.4, 0.5) is 5.69 Å². The topological polar surface area (TPSA) is 75.7 Å². The van der Waals surface area contributed by atoms with Gasteiger partial charge in [0.2, 0.25) is 15.9 Å². The van der Waals surface area contributed by atoms with Crippen LogP contribution in [0.5, 0.6) is 5.75 Å². The summed E-state index contributed by atoms with van der Waals surface area (Å²) in [6.45, 7) is 3.57. The summed E-state index contributed by atoms with van der Waals surface area (Å²) in [7, 11) is -2.19. The van der Waals surface area contributed by atoms with Gasteiger partial charge >= 0.3 is 0 Å². The highest BCUT2D eigenvalue weighted by atomic mass is 32.2. The lowest BCUT2D eigenvalue weighted by Crippen LogP contribution is -2.48. The van der Waals surface area contributed by atoms with Gasteiger partial charge in [-0.1, -0.05) is 54.6 Å². The molecule has 0 aliphatic rings. The van der Waals surface area contributed by atoms with Gasteiger partial charge in [0.1, 0.15) is 11.8 Å². The first-order valence-corrected chi connectivity index (χ1v) is 12.1. The lowest BCUT2D eigenvalue weighted by Gasteiger charge is -2.30. The average molecular weight is 453 g/mol. The molecule has 1 amide bonds. The van der Waals surface area contributed by atoms with E-state index < -0.39 is 28.0 Å². The van der Waals surface area contributed by atoms with Crippen molar-refractivity contribution in [1.82, 2.24) is 5.32 Å². The van der Waals surface area contributed by atoms with E-state index in [0.717, 1.165) is 27.3 Å². The molecule has 168 valence electrons. The number of aryl methyl sites for hydroxylation is 1. The molecule has 32 heavy (non-hydrogen) atoms. The zero-order valence-electron chi connectivity index (χ0n) is 18.6. The van der Waals surface area contributed by atoms with Crippen LogP contribution in [-0.4, -0.2) is 33.7 Å². The first-order chi connectivity index (χ1) is 15.2. The number of carbonyl (C=O) groups is 1. The summed E-state index contributed by atoms with van der Waals surface area (Å²) in [5.41, 5.74) is 3.29. The second-order valence-corrected chi connectivity index (χ2v) is 9.50. The Morgan fingerprint density at radius 2 is 1.53 bits per heavy atom. The van der Waals surface area contributed by atoms with Gasteiger partial charge in [-0.2, -0.15) is 0 Å². The Morgan fingerprint density at radius 1 is 0.938 bits per heavy atom. The number of rotatable bonds is 8. The maximum atomic E-state index is 13.4. The highest BCUT2D eigenvalue weighted by molar-refractivity contribution is 7.92. The summed E-state index contributed by atoms with van der Waals surface area (Å²) >= 11 is 0. The number of benzene rings is 3. The molecule has 1 N–H and O–H groups in total. The highest BCUT2D eigenvalue weighted by Gasteiger charge is 2.31. The molecule has 3 rings (SSSR count). The predicted molar refractivity (Wildman–Crippen MR) is 127 cm³/mol. The van der Waals surface area contributed by atoms with Gasteiger partial charge in [0.15, 0.2) is 0 Å². The van der Waals surface area contributed by atoms with E-state index >= 15 is 0 Å². The number of hydrogen-bond donors (Lipinski definition) is 1. The van der Waals surface area contributed by atoms with Crippen molar-refractivity contribution in [3.05, 3.63) is 95.6 Å². The third kappa shape index (κ3) is 5.29. The number of nitrogens with one attached hydrogen (secondary N) is 1. The fourth-order valence-corrected chi connectivity index (χ4v) is 4.87. The number of methoxy groups -OCH3 is 1. The van der Waals surface area contributed by atoms with Crippen LogP contribution in [0.1, 0.15) is 29.7 Å². The number of anilines is 1. The van der Waals surface area contributed by atoms with E-state index in [4.69, 9.17) is 4.74 Å². The van der Waals surface area contributed by atoms with Gasteiger partial charge in [0, 0.05) is 0 Å². The molecule has 0 aromatic heterocycles. The van der Waals surface area contributed by atoms with E-state index in [1.54, 1.807) is 31.2 Å². The van der Waals surface area contributed by atoms with Gasteiger partial charge in [-0.25, -0.2) is 8.42 Å². The van der Waals surface area contributed by atoms with Crippen LogP contribution >= 0.6 is 0 Å². The fraction of sp³-hybridized carbons (Fsp3) is 0.240. The van der Waals surface area contributed by atoms with Crippen molar-refractivity contribution in [1.29, 1.82) is 0 Å². The molecule has 2 unspecified atom stereocenters. The number of hydrogen-bond acceptors (Lipinski definition) is 4. The largest absolute Gasteiger partial charge is 0.497 e. The van der Waals surface area contributed by atoms with Gasteiger partial charge in [0.05, 0.1) is 25.1 Å². The Hall–Kier alpha value is -3.32. The number of nitrogens with zero attached hydrogens (tertiary/aromatic N) is 1. The fourth-order valence-electron chi connectivity index (χ4n) is 3.70. The van der Waals surface area contributed by atoms with E-state index in [2.05, 4.69) is 5.32 Å². The summed E-state index contributed by atoms with van der Waals surface area (Å²) in [6.07, 6.45) is 1.09. The first kappa shape index (κ1) is 23.3. The van der Waals surface area contributed by atoms with E-state index in [1.807, 2.05) is 61.5 Å². The van der Waals surface area contributed by atoms with Crippen LogP contribution in [0.25, 0.3) is 0 Å². The third-order valence-electron chi connectivity index (χ3n) is 5.33. The minimum Gasteiger partial charge on any atom is -0.497 e. The Bertz CT molecular complexity index is 1160. The zero-order chi connectivity index (χ0) is 23.3. The van der Waals surface area contributed by atoms with E-state index in [-0.39, 0.29) is 0 Å². The molecule has 2 atom stereocenters. The maximum Gasteiger partial charge on any atom is 0.244 e. The summed E-state index contributed by atoms with van der Waals surface area (Å²) in [4.78, 5) is 13.4. The van der Waals surface area contributed by atoms with Crippen LogP contribution in [-0.2, 0) is 14.8 Å². The van der Waals surface area contributed by atoms with Crippen molar-refractivity contribution in [3.8, 4) is 5.75 Å². The van der Waals surface area contributed by atoms with Crippen LogP contribution in [0.15, 0.2) is 78.9 Å². The minimum absolute atomic E-state index is 0.392. The molecule has 0 bridgehead atoms. The summed E-state index contributed by atoms with van der Waals surface area (Å²) < 4.78 is 31.5. The molecule has 0 heterocycles. The average Bonchev–Trinajstić information content (AvgIpc) is 2.78. The summed E-state index contributed by atoms with van der Waals surface area (Å²) in [5.74, 6) is 0.200. The molecule has 0 fully saturated rings. The molecule has 0 saturated carbocycles. The molecular formula is C25H28N2O4S. The van der Waals surface area contributed by atoms with Crippen molar-refractivity contribution < 1.29 is 17.9 Å². The molecule has 3 aromatic carbocycles. The molecule has 7 heteroatoms. The van der Waals surface area contributed by atoms with Gasteiger partial charge in [-0.05, 0) is 54.8 Å². The van der Waals surface area contributed by atoms with Crippen LogP contribution in [0, 0.1) is 6.92 Å². The quantitative estimate of drug-likeness (QED) is 0.559. The SMILES string of the molecule is COc1ccc(N(C(C)C(=O)NC(c2ccccc2)c2ccccc2C)S(C)(=O)=O)cc1. The first-order valence-electron chi connectivity index (χ1n) is 10.3. The molecule has 0 saturated heterocycles. The molecule has 6 nitrogen and oxygen atoms in total.